The fourth-order valence-electron chi connectivity index (χ4n) is 1.77. The first kappa shape index (κ1) is 13.4. The van der Waals surface area contributed by atoms with E-state index in [1.807, 2.05) is 35.6 Å². The van der Waals surface area contributed by atoms with Gasteiger partial charge < -0.3 is 11.1 Å². The Morgan fingerprint density at radius 1 is 1.22 bits per heavy atom. The lowest BCUT2D eigenvalue weighted by Gasteiger charge is -2.16. The molecule has 2 rings (SSSR count). The molecule has 0 fully saturated rings. The van der Waals surface area contributed by atoms with Gasteiger partial charge in [0.2, 0.25) is 0 Å². The Hall–Kier alpha value is -1.03. The highest BCUT2D eigenvalue weighted by atomic mass is 35.5. The molecule has 1 aromatic carbocycles. The number of halogens is 1. The Kier molecular flexibility index (Phi) is 4.64. The van der Waals surface area contributed by atoms with Crippen molar-refractivity contribution in [1.82, 2.24) is 0 Å². The number of nitrogens with two attached hydrogens (primary N) is 1. The predicted molar refractivity (Wildman–Crippen MR) is 80.6 cm³/mol. The van der Waals surface area contributed by atoms with Gasteiger partial charge in [0, 0.05) is 27.0 Å². The maximum Gasteiger partial charge on any atom is 0.0728 e. The van der Waals surface area contributed by atoms with Gasteiger partial charge in [-0.2, -0.15) is 0 Å². The van der Waals surface area contributed by atoms with Crippen molar-refractivity contribution in [2.45, 2.75) is 19.4 Å². The second kappa shape index (κ2) is 6.23. The smallest absolute Gasteiger partial charge is 0.0728 e. The molecular weight excluding hydrogens is 264 g/mol. The van der Waals surface area contributed by atoms with Crippen LogP contribution in [0.15, 0.2) is 36.4 Å². The molecule has 1 atom stereocenters. The highest BCUT2D eigenvalue weighted by Gasteiger charge is 2.11. The first-order chi connectivity index (χ1) is 8.72. The second-order valence-electron chi connectivity index (χ2n) is 4.10. The number of nitrogens with one attached hydrogen (secondary N) is 1. The molecule has 18 heavy (non-hydrogen) atoms. The van der Waals surface area contributed by atoms with E-state index in [9.17, 15) is 0 Å². The van der Waals surface area contributed by atoms with Crippen molar-refractivity contribution in [2.75, 3.05) is 11.9 Å². The Balaban J connectivity index is 2.11. The summed E-state index contributed by atoms with van der Waals surface area (Å²) in [4.78, 5) is 2.67. The maximum absolute atomic E-state index is 5.87. The standard InChI is InChI=1S/C14H17ClN2S/c1-2-12-7-8-14(18-12)13(9-16)17-11-5-3-10(15)4-6-11/h3-8,13,17H,2,9,16H2,1H3. The summed E-state index contributed by atoms with van der Waals surface area (Å²) in [5.74, 6) is 0. The minimum atomic E-state index is 0.163. The maximum atomic E-state index is 5.87. The van der Waals surface area contributed by atoms with E-state index in [1.165, 1.54) is 9.75 Å². The molecule has 1 unspecified atom stereocenters. The van der Waals surface area contributed by atoms with Gasteiger partial charge >= 0.3 is 0 Å². The number of aryl methyl sites for hydroxylation is 1. The van der Waals surface area contributed by atoms with Crippen molar-refractivity contribution < 1.29 is 0 Å². The van der Waals surface area contributed by atoms with Crippen LogP contribution in [0.25, 0.3) is 0 Å². The van der Waals surface area contributed by atoms with Crippen LogP contribution >= 0.6 is 22.9 Å². The summed E-state index contributed by atoms with van der Waals surface area (Å²) in [6, 6.07) is 12.2. The Morgan fingerprint density at radius 3 is 2.50 bits per heavy atom. The number of hydrogen-bond acceptors (Lipinski definition) is 3. The van der Waals surface area contributed by atoms with E-state index in [-0.39, 0.29) is 6.04 Å². The van der Waals surface area contributed by atoms with Gasteiger partial charge in [0.15, 0.2) is 0 Å². The summed E-state index contributed by atoms with van der Waals surface area (Å²) in [7, 11) is 0. The van der Waals surface area contributed by atoms with Crippen molar-refractivity contribution >= 4 is 28.6 Å². The van der Waals surface area contributed by atoms with Gasteiger partial charge in [-0.3, -0.25) is 0 Å². The molecular formula is C14H17ClN2S. The third-order valence-electron chi connectivity index (χ3n) is 2.80. The van der Waals surface area contributed by atoms with Crippen LogP contribution in [0.2, 0.25) is 5.02 Å². The van der Waals surface area contributed by atoms with Gasteiger partial charge in [-0.15, -0.1) is 11.3 Å². The van der Waals surface area contributed by atoms with Gasteiger partial charge in [0.1, 0.15) is 0 Å². The molecule has 0 spiro atoms. The van der Waals surface area contributed by atoms with E-state index >= 15 is 0 Å². The largest absolute Gasteiger partial charge is 0.376 e. The lowest BCUT2D eigenvalue weighted by Crippen LogP contribution is -2.19. The molecule has 0 radical (unpaired) electrons. The highest BCUT2D eigenvalue weighted by molar-refractivity contribution is 7.12. The lowest BCUT2D eigenvalue weighted by molar-refractivity contribution is 0.806. The number of benzene rings is 1. The third-order valence-corrected chi connectivity index (χ3v) is 4.39. The molecule has 0 aliphatic heterocycles. The molecule has 0 saturated heterocycles. The Bertz CT molecular complexity index is 493. The molecule has 3 N–H and O–H groups in total. The van der Waals surface area contributed by atoms with Gasteiger partial charge in [-0.25, -0.2) is 0 Å². The zero-order chi connectivity index (χ0) is 13.0. The highest BCUT2D eigenvalue weighted by Crippen LogP contribution is 2.26. The van der Waals surface area contributed by atoms with Gasteiger partial charge in [0.05, 0.1) is 6.04 Å². The number of rotatable bonds is 5. The zero-order valence-corrected chi connectivity index (χ0v) is 11.9. The normalized spacial score (nSPS) is 12.4. The first-order valence-corrected chi connectivity index (χ1v) is 7.23. The van der Waals surface area contributed by atoms with Crippen molar-refractivity contribution in [3.8, 4) is 0 Å². The van der Waals surface area contributed by atoms with Gasteiger partial charge in [-0.1, -0.05) is 18.5 Å². The molecule has 2 aromatic rings. The minimum absolute atomic E-state index is 0.163. The number of thiophene rings is 1. The first-order valence-electron chi connectivity index (χ1n) is 6.03. The average Bonchev–Trinajstić information content (AvgIpc) is 2.87. The fraction of sp³-hybridized carbons (Fsp3) is 0.286. The summed E-state index contributed by atoms with van der Waals surface area (Å²) in [5.41, 5.74) is 6.89. The summed E-state index contributed by atoms with van der Waals surface area (Å²) in [6.07, 6.45) is 1.07. The van der Waals surface area contributed by atoms with E-state index in [0.717, 1.165) is 17.1 Å². The lowest BCUT2D eigenvalue weighted by atomic mass is 10.2. The molecule has 0 aliphatic rings. The van der Waals surface area contributed by atoms with E-state index in [1.54, 1.807) is 0 Å². The van der Waals surface area contributed by atoms with Crippen molar-refractivity contribution in [2.24, 2.45) is 5.73 Å². The Labute approximate surface area is 117 Å². The second-order valence-corrected chi connectivity index (χ2v) is 5.73. The predicted octanol–water partition coefficient (Wildman–Crippen LogP) is 4.08. The summed E-state index contributed by atoms with van der Waals surface area (Å²) in [6.45, 7) is 2.74. The number of hydrogen-bond donors (Lipinski definition) is 2. The van der Waals surface area contributed by atoms with Crippen molar-refractivity contribution in [3.05, 3.63) is 51.2 Å². The van der Waals surface area contributed by atoms with Crippen LogP contribution in [0.1, 0.15) is 22.7 Å². The molecule has 2 nitrogen and oxygen atoms in total. The van der Waals surface area contributed by atoms with Crippen LogP contribution in [0.3, 0.4) is 0 Å². The summed E-state index contributed by atoms with van der Waals surface area (Å²) >= 11 is 7.69. The van der Waals surface area contributed by atoms with Gasteiger partial charge in [0.25, 0.3) is 0 Å². The topological polar surface area (TPSA) is 38.0 Å². The molecule has 1 aromatic heterocycles. The van der Waals surface area contributed by atoms with E-state index < -0.39 is 0 Å². The number of anilines is 1. The molecule has 1 heterocycles. The van der Waals surface area contributed by atoms with Crippen LogP contribution in [0.5, 0.6) is 0 Å². The SMILES string of the molecule is CCc1ccc(C(CN)Nc2ccc(Cl)cc2)s1. The fourth-order valence-corrected chi connectivity index (χ4v) is 2.91. The zero-order valence-electron chi connectivity index (χ0n) is 10.3. The summed E-state index contributed by atoms with van der Waals surface area (Å²) < 4.78 is 0. The molecule has 0 bridgehead atoms. The van der Waals surface area contributed by atoms with E-state index in [4.69, 9.17) is 17.3 Å². The molecule has 96 valence electrons. The van der Waals surface area contributed by atoms with Crippen LogP contribution in [-0.2, 0) is 6.42 Å². The molecule has 4 heteroatoms. The van der Waals surface area contributed by atoms with Crippen LogP contribution in [0.4, 0.5) is 5.69 Å². The Morgan fingerprint density at radius 2 is 1.94 bits per heavy atom. The van der Waals surface area contributed by atoms with E-state index in [2.05, 4.69) is 24.4 Å². The summed E-state index contributed by atoms with van der Waals surface area (Å²) in [5, 5.41) is 4.18. The quantitative estimate of drug-likeness (QED) is 0.866. The van der Waals surface area contributed by atoms with Crippen molar-refractivity contribution in [1.29, 1.82) is 0 Å². The van der Waals surface area contributed by atoms with Gasteiger partial charge in [-0.05, 0) is 42.8 Å². The minimum Gasteiger partial charge on any atom is -0.376 e. The molecule has 0 saturated carbocycles. The average molecular weight is 281 g/mol. The molecule has 0 amide bonds. The van der Waals surface area contributed by atoms with Crippen molar-refractivity contribution in [3.63, 3.8) is 0 Å². The molecule has 0 aliphatic carbocycles. The van der Waals surface area contributed by atoms with Crippen LogP contribution in [-0.4, -0.2) is 6.54 Å². The monoisotopic (exact) mass is 280 g/mol. The third kappa shape index (κ3) is 3.25. The van der Waals surface area contributed by atoms with Crippen LogP contribution in [0, 0.1) is 0 Å². The van der Waals surface area contributed by atoms with Crippen LogP contribution < -0.4 is 11.1 Å². The van der Waals surface area contributed by atoms with E-state index in [0.29, 0.717) is 6.54 Å².